The van der Waals surface area contributed by atoms with Crippen molar-refractivity contribution in [1.29, 1.82) is 0 Å². The van der Waals surface area contributed by atoms with Crippen molar-refractivity contribution in [2.24, 2.45) is 0 Å². The van der Waals surface area contributed by atoms with Gasteiger partial charge in [-0.1, -0.05) is 30.3 Å². The molecule has 3 rings (SSSR count). The average Bonchev–Trinajstić information content (AvgIpc) is 2.68. The molecular weight excluding hydrogens is 332 g/mol. The first-order valence-electron chi connectivity index (χ1n) is 8.62. The maximum Gasteiger partial charge on any atom is 0.257 e. The van der Waals surface area contributed by atoms with Gasteiger partial charge in [-0.05, 0) is 18.2 Å². The van der Waals surface area contributed by atoms with Crippen LogP contribution in [0.3, 0.4) is 0 Å². The lowest BCUT2D eigenvalue weighted by Crippen LogP contribution is -2.44. The number of benzene rings is 2. The van der Waals surface area contributed by atoms with Gasteiger partial charge in [-0.2, -0.15) is 0 Å². The molecule has 138 valence electrons. The fourth-order valence-corrected chi connectivity index (χ4v) is 3.03. The number of anilines is 1. The predicted octanol–water partition coefficient (Wildman–Crippen LogP) is 2.92. The third-order valence-electron chi connectivity index (χ3n) is 4.32. The Kier molecular flexibility index (Phi) is 6.09. The summed E-state index contributed by atoms with van der Waals surface area (Å²) in [6, 6.07) is 15.3. The topological polar surface area (TPSA) is 60.0 Å². The molecule has 1 aliphatic heterocycles. The second-order valence-electron chi connectivity index (χ2n) is 5.96. The third kappa shape index (κ3) is 3.81. The molecule has 0 aromatic heterocycles. The smallest absolute Gasteiger partial charge is 0.257 e. The van der Waals surface area contributed by atoms with E-state index in [2.05, 4.69) is 5.32 Å². The molecule has 2 aromatic rings. The zero-order valence-electron chi connectivity index (χ0n) is 15.1. The van der Waals surface area contributed by atoms with Gasteiger partial charge in [-0.25, -0.2) is 0 Å². The summed E-state index contributed by atoms with van der Waals surface area (Å²) >= 11 is 0. The molecule has 6 heteroatoms. The Morgan fingerprint density at radius 3 is 2.50 bits per heavy atom. The molecule has 1 amide bonds. The molecule has 0 saturated carbocycles. The van der Waals surface area contributed by atoms with E-state index >= 15 is 0 Å². The molecule has 0 radical (unpaired) electrons. The highest BCUT2D eigenvalue weighted by Gasteiger charge is 2.33. The van der Waals surface area contributed by atoms with Crippen LogP contribution in [0.1, 0.15) is 22.1 Å². The van der Waals surface area contributed by atoms with Crippen LogP contribution in [-0.4, -0.2) is 51.4 Å². The van der Waals surface area contributed by atoms with Gasteiger partial charge in [-0.3, -0.25) is 4.79 Å². The molecule has 6 nitrogen and oxygen atoms in total. The first-order chi connectivity index (χ1) is 12.8. The summed E-state index contributed by atoms with van der Waals surface area (Å²) in [7, 11) is 3.27. The van der Waals surface area contributed by atoms with Gasteiger partial charge < -0.3 is 24.4 Å². The molecule has 0 fully saturated rings. The number of carbonyl (C=O) groups is 1. The fourth-order valence-electron chi connectivity index (χ4n) is 3.03. The highest BCUT2D eigenvalue weighted by molar-refractivity contribution is 6.01. The van der Waals surface area contributed by atoms with Crippen LogP contribution < -0.4 is 10.1 Å². The number of para-hydroxylation sites is 2. The number of carbonyl (C=O) groups excluding carboxylic acids is 1. The molecule has 0 saturated heterocycles. The van der Waals surface area contributed by atoms with Crippen LogP contribution >= 0.6 is 0 Å². The van der Waals surface area contributed by atoms with Gasteiger partial charge in [0, 0.05) is 32.0 Å². The van der Waals surface area contributed by atoms with Crippen molar-refractivity contribution >= 4 is 11.6 Å². The monoisotopic (exact) mass is 356 g/mol. The lowest BCUT2D eigenvalue weighted by atomic mass is 10.0. The highest BCUT2D eigenvalue weighted by atomic mass is 16.5. The number of fused-ring (bicyclic) bond motifs is 1. The molecular formula is C20H24N2O4. The maximum atomic E-state index is 13.0. The summed E-state index contributed by atoms with van der Waals surface area (Å²) in [4.78, 5) is 14.8. The van der Waals surface area contributed by atoms with Crippen molar-refractivity contribution in [3.8, 4) is 5.75 Å². The van der Waals surface area contributed by atoms with Crippen LogP contribution in [0.5, 0.6) is 5.75 Å². The minimum atomic E-state index is -0.328. The minimum absolute atomic E-state index is 0.0203. The zero-order chi connectivity index (χ0) is 18.4. The standard InChI is InChI=1S/C20H24N2O4/c1-24-12-11-22-19(21-17-9-5-3-7-15(17)20(22)23)16-8-4-6-10-18(16)26-14-13-25-2/h3-10,19,21H,11-14H2,1-2H3. The number of hydrogen-bond acceptors (Lipinski definition) is 5. The molecule has 1 unspecified atom stereocenters. The van der Waals surface area contributed by atoms with E-state index in [4.69, 9.17) is 14.2 Å². The summed E-state index contributed by atoms with van der Waals surface area (Å²) in [6.07, 6.45) is -0.328. The largest absolute Gasteiger partial charge is 0.491 e. The second-order valence-corrected chi connectivity index (χ2v) is 5.96. The highest BCUT2D eigenvalue weighted by Crippen LogP contribution is 2.36. The maximum absolute atomic E-state index is 13.0. The molecule has 0 bridgehead atoms. The molecule has 1 heterocycles. The van der Waals surface area contributed by atoms with Crippen molar-refractivity contribution in [3.63, 3.8) is 0 Å². The van der Waals surface area contributed by atoms with Crippen molar-refractivity contribution in [2.75, 3.05) is 45.9 Å². The van der Waals surface area contributed by atoms with Crippen molar-refractivity contribution in [1.82, 2.24) is 4.90 Å². The van der Waals surface area contributed by atoms with Crippen molar-refractivity contribution < 1.29 is 19.0 Å². The molecule has 1 N–H and O–H groups in total. The van der Waals surface area contributed by atoms with E-state index in [0.29, 0.717) is 31.9 Å². The van der Waals surface area contributed by atoms with Gasteiger partial charge in [-0.15, -0.1) is 0 Å². The van der Waals surface area contributed by atoms with Gasteiger partial charge in [0.2, 0.25) is 0 Å². The summed E-state index contributed by atoms with van der Waals surface area (Å²) < 4.78 is 16.1. The Balaban J connectivity index is 1.95. The van der Waals surface area contributed by atoms with Crippen LogP contribution in [-0.2, 0) is 9.47 Å². The normalized spacial score (nSPS) is 16.2. The van der Waals surface area contributed by atoms with E-state index in [1.165, 1.54) is 0 Å². The van der Waals surface area contributed by atoms with Gasteiger partial charge in [0.1, 0.15) is 18.5 Å². The van der Waals surface area contributed by atoms with Gasteiger partial charge in [0.05, 0.1) is 18.8 Å². The second kappa shape index (κ2) is 8.69. The Morgan fingerprint density at radius 1 is 0.962 bits per heavy atom. The number of rotatable bonds is 8. The summed E-state index contributed by atoms with van der Waals surface area (Å²) in [6.45, 7) is 1.89. The fraction of sp³-hybridized carbons (Fsp3) is 0.350. The Morgan fingerprint density at radius 2 is 1.69 bits per heavy atom. The summed E-state index contributed by atoms with van der Waals surface area (Å²) in [5.41, 5.74) is 2.39. The van der Waals surface area contributed by atoms with E-state index in [1.807, 2.05) is 48.5 Å². The van der Waals surface area contributed by atoms with Gasteiger partial charge in [0.15, 0.2) is 0 Å². The molecule has 0 spiro atoms. The quantitative estimate of drug-likeness (QED) is 0.737. The van der Waals surface area contributed by atoms with Gasteiger partial charge in [0.25, 0.3) is 5.91 Å². The first-order valence-corrected chi connectivity index (χ1v) is 8.62. The van der Waals surface area contributed by atoms with E-state index in [0.717, 1.165) is 17.0 Å². The van der Waals surface area contributed by atoms with E-state index < -0.39 is 0 Å². The van der Waals surface area contributed by atoms with Crippen LogP contribution in [0.2, 0.25) is 0 Å². The zero-order valence-corrected chi connectivity index (χ0v) is 15.1. The number of hydrogen-bond donors (Lipinski definition) is 1. The Hall–Kier alpha value is -2.57. The van der Waals surface area contributed by atoms with Gasteiger partial charge >= 0.3 is 0 Å². The lowest BCUT2D eigenvalue weighted by molar-refractivity contribution is 0.0605. The summed E-state index contributed by atoms with van der Waals surface area (Å²) in [5.74, 6) is 0.713. The van der Waals surface area contributed by atoms with Crippen molar-refractivity contribution in [3.05, 3.63) is 59.7 Å². The third-order valence-corrected chi connectivity index (χ3v) is 4.32. The molecule has 1 aliphatic rings. The van der Waals surface area contributed by atoms with Crippen LogP contribution in [0.15, 0.2) is 48.5 Å². The molecule has 2 aromatic carbocycles. The average molecular weight is 356 g/mol. The number of nitrogens with zero attached hydrogens (tertiary/aromatic N) is 1. The van der Waals surface area contributed by atoms with Crippen LogP contribution in [0.4, 0.5) is 5.69 Å². The summed E-state index contributed by atoms with van der Waals surface area (Å²) in [5, 5.41) is 3.47. The van der Waals surface area contributed by atoms with E-state index in [-0.39, 0.29) is 12.1 Å². The lowest BCUT2D eigenvalue weighted by Gasteiger charge is -2.38. The number of methoxy groups -OCH3 is 2. The molecule has 26 heavy (non-hydrogen) atoms. The Bertz CT molecular complexity index is 750. The first kappa shape index (κ1) is 18.2. The SMILES string of the molecule is COCCOc1ccccc1C1Nc2ccccc2C(=O)N1CCOC. The van der Waals surface area contributed by atoms with E-state index in [1.54, 1.807) is 19.1 Å². The molecule has 0 aliphatic carbocycles. The minimum Gasteiger partial charge on any atom is -0.491 e. The van der Waals surface area contributed by atoms with Crippen LogP contribution in [0.25, 0.3) is 0 Å². The van der Waals surface area contributed by atoms with Crippen molar-refractivity contribution in [2.45, 2.75) is 6.17 Å². The predicted molar refractivity (Wildman–Crippen MR) is 99.5 cm³/mol. The number of amides is 1. The molecule has 1 atom stereocenters. The number of ether oxygens (including phenoxy) is 3. The number of nitrogens with one attached hydrogen (secondary N) is 1. The van der Waals surface area contributed by atoms with Crippen LogP contribution in [0, 0.1) is 0 Å². The van der Waals surface area contributed by atoms with E-state index in [9.17, 15) is 4.79 Å². The Labute approximate surface area is 153 Å².